The van der Waals surface area contributed by atoms with Gasteiger partial charge in [-0.1, -0.05) is 29.8 Å². The molecule has 0 fully saturated rings. The van der Waals surface area contributed by atoms with E-state index in [1.165, 1.54) is 11.3 Å². The van der Waals surface area contributed by atoms with E-state index in [0.29, 0.717) is 10.2 Å². The highest BCUT2D eigenvalue weighted by molar-refractivity contribution is 8.93. The van der Waals surface area contributed by atoms with E-state index in [4.69, 9.17) is 23.1 Å². The van der Waals surface area contributed by atoms with Gasteiger partial charge in [0, 0.05) is 16.0 Å². The number of nitrogens with two attached hydrogens (primary N) is 2. The Kier molecular flexibility index (Phi) is 4.92. The van der Waals surface area contributed by atoms with Crippen LogP contribution in [-0.2, 0) is 0 Å². The summed E-state index contributed by atoms with van der Waals surface area (Å²) in [5, 5.41) is 3.04. The Hall–Kier alpha value is -1.11. The molecule has 17 heavy (non-hydrogen) atoms. The Morgan fingerprint density at radius 1 is 1.29 bits per heavy atom. The van der Waals surface area contributed by atoms with E-state index in [2.05, 4.69) is 9.98 Å². The van der Waals surface area contributed by atoms with Crippen LogP contribution in [-0.4, -0.2) is 10.9 Å². The lowest BCUT2D eigenvalue weighted by Gasteiger charge is -1.98. The van der Waals surface area contributed by atoms with Gasteiger partial charge in [0.25, 0.3) is 0 Å². The van der Waals surface area contributed by atoms with Crippen molar-refractivity contribution < 1.29 is 0 Å². The topological polar surface area (TPSA) is 77.3 Å². The third-order valence-electron chi connectivity index (χ3n) is 1.87. The molecule has 0 aliphatic heterocycles. The van der Waals surface area contributed by atoms with Crippen molar-refractivity contribution in [1.29, 1.82) is 0 Å². The van der Waals surface area contributed by atoms with Crippen molar-refractivity contribution in [2.24, 2.45) is 16.5 Å². The van der Waals surface area contributed by atoms with Gasteiger partial charge in [-0.05, 0) is 6.07 Å². The average Bonchev–Trinajstić information content (AvgIpc) is 2.66. The molecule has 1 aromatic carbocycles. The number of guanidine groups is 1. The van der Waals surface area contributed by atoms with Gasteiger partial charge in [0.05, 0.1) is 5.69 Å². The predicted molar refractivity (Wildman–Crippen MR) is 78.4 cm³/mol. The molecule has 4 nitrogen and oxygen atoms in total. The van der Waals surface area contributed by atoms with E-state index in [1.54, 1.807) is 0 Å². The summed E-state index contributed by atoms with van der Waals surface area (Å²) in [5.74, 6) is 0.0000543. The zero-order valence-corrected chi connectivity index (χ0v) is 11.9. The maximum absolute atomic E-state index is 6.05. The highest BCUT2D eigenvalue weighted by atomic mass is 79.9. The van der Waals surface area contributed by atoms with Crippen LogP contribution in [0, 0.1) is 0 Å². The van der Waals surface area contributed by atoms with Crippen LogP contribution in [0.15, 0.2) is 34.6 Å². The van der Waals surface area contributed by atoms with Crippen molar-refractivity contribution in [3.05, 3.63) is 34.7 Å². The maximum Gasteiger partial charge on any atom is 0.212 e. The average molecular weight is 334 g/mol. The second-order valence-electron chi connectivity index (χ2n) is 3.03. The van der Waals surface area contributed by atoms with Gasteiger partial charge in [0.2, 0.25) is 5.13 Å². The zero-order valence-electron chi connectivity index (χ0n) is 8.63. The van der Waals surface area contributed by atoms with Gasteiger partial charge in [-0.15, -0.1) is 28.3 Å². The molecular formula is C10H10BrClN4S. The van der Waals surface area contributed by atoms with E-state index in [1.807, 2.05) is 29.6 Å². The third kappa shape index (κ3) is 3.42. The lowest BCUT2D eigenvalue weighted by Crippen LogP contribution is -2.21. The lowest BCUT2D eigenvalue weighted by molar-refractivity contribution is 1.33. The molecule has 1 aromatic heterocycles. The fourth-order valence-corrected chi connectivity index (χ4v) is 2.16. The fraction of sp³-hybridized carbons (Fsp3) is 0. The lowest BCUT2D eigenvalue weighted by atomic mass is 10.2. The summed E-state index contributed by atoms with van der Waals surface area (Å²) in [6.45, 7) is 0. The molecule has 0 atom stereocenters. The predicted octanol–water partition coefficient (Wildman–Crippen LogP) is 2.95. The number of rotatable bonds is 2. The number of nitrogens with zero attached hydrogens (tertiary/aromatic N) is 2. The van der Waals surface area contributed by atoms with E-state index in [-0.39, 0.29) is 22.9 Å². The summed E-state index contributed by atoms with van der Waals surface area (Å²) in [6, 6.07) is 7.49. The van der Waals surface area contributed by atoms with Gasteiger partial charge >= 0.3 is 0 Å². The van der Waals surface area contributed by atoms with Crippen molar-refractivity contribution in [2.75, 3.05) is 0 Å². The Balaban J connectivity index is 0.00000144. The number of aromatic nitrogens is 1. The van der Waals surface area contributed by atoms with E-state index < -0.39 is 0 Å². The fourth-order valence-electron chi connectivity index (χ4n) is 1.22. The standard InChI is InChI=1S/C10H9ClN4S.BrH/c11-7-4-2-1-3-6(7)8-5-16-10(14-8)15-9(12)13;/h1-5H,(H4,12,13,14,15);1H. The molecule has 2 aromatic rings. The molecule has 0 aliphatic carbocycles. The maximum atomic E-state index is 6.05. The van der Waals surface area contributed by atoms with E-state index >= 15 is 0 Å². The summed E-state index contributed by atoms with van der Waals surface area (Å²) >= 11 is 7.42. The van der Waals surface area contributed by atoms with Crippen LogP contribution in [0.1, 0.15) is 0 Å². The smallest absolute Gasteiger partial charge is 0.212 e. The normalized spacial score (nSPS) is 9.47. The molecule has 0 aliphatic rings. The molecule has 0 bridgehead atoms. The molecule has 0 amide bonds. The molecule has 7 heteroatoms. The van der Waals surface area contributed by atoms with Crippen molar-refractivity contribution in [1.82, 2.24) is 4.98 Å². The van der Waals surface area contributed by atoms with Gasteiger partial charge < -0.3 is 11.5 Å². The second kappa shape index (κ2) is 6.00. The summed E-state index contributed by atoms with van der Waals surface area (Å²) in [4.78, 5) is 8.14. The Labute approximate surface area is 118 Å². The SMILES string of the molecule is Br.NC(N)=Nc1nc(-c2ccccc2Cl)cs1. The number of hydrogen-bond acceptors (Lipinski definition) is 3. The van der Waals surface area contributed by atoms with Crippen molar-refractivity contribution in [3.8, 4) is 11.3 Å². The van der Waals surface area contributed by atoms with Gasteiger partial charge in [-0.25, -0.2) is 4.98 Å². The quantitative estimate of drug-likeness (QED) is 0.655. The molecule has 1 heterocycles. The minimum atomic E-state index is 0. The molecule has 2 rings (SSSR count). The van der Waals surface area contributed by atoms with E-state index in [0.717, 1.165) is 11.3 Å². The Morgan fingerprint density at radius 3 is 2.65 bits per heavy atom. The summed E-state index contributed by atoms with van der Waals surface area (Å²) in [6.07, 6.45) is 0. The van der Waals surface area contributed by atoms with Crippen molar-refractivity contribution in [3.63, 3.8) is 0 Å². The largest absolute Gasteiger partial charge is 0.370 e. The third-order valence-corrected chi connectivity index (χ3v) is 2.93. The zero-order chi connectivity index (χ0) is 11.5. The van der Waals surface area contributed by atoms with Gasteiger partial charge in [-0.3, -0.25) is 0 Å². The highest BCUT2D eigenvalue weighted by Crippen LogP contribution is 2.31. The van der Waals surface area contributed by atoms with E-state index in [9.17, 15) is 0 Å². The first-order valence-electron chi connectivity index (χ1n) is 4.47. The van der Waals surface area contributed by atoms with Crippen molar-refractivity contribution >= 4 is 51.0 Å². The first-order valence-corrected chi connectivity index (χ1v) is 5.72. The molecule has 4 N–H and O–H groups in total. The van der Waals surface area contributed by atoms with Crippen LogP contribution >= 0.6 is 39.9 Å². The van der Waals surface area contributed by atoms with Gasteiger partial charge in [-0.2, -0.15) is 4.99 Å². The van der Waals surface area contributed by atoms with Crippen LogP contribution in [0.2, 0.25) is 5.02 Å². The van der Waals surface area contributed by atoms with Crippen LogP contribution in [0.4, 0.5) is 5.13 Å². The van der Waals surface area contributed by atoms with Gasteiger partial charge in [0.15, 0.2) is 5.96 Å². The number of thiazole rings is 1. The minimum Gasteiger partial charge on any atom is -0.370 e. The molecule has 0 unspecified atom stereocenters. The van der Waals surface area contributed by atoms with Crippen LogP contribution in [0.5, 0.6) is 0 Å². The highest BCUT2D eigenvalue weighted by Gasteiger charge is 2.06. The molecule has 0 radical (unpaired) electrons. The summed E-state index contributed by atoms with van der Waals surface area (Å²) in [7, 11) is 0. The Morgan fingerprint density at radius 2 is 2.00 bits per heavy atom. The summed E-state index contributed by atoms with van der Waals surface area (Å²) in [5.41, 5.74) is 12.2. The van der Waals surface area contributed by atoms with Gasteiger partial charge in [0.1, 0.15) is 0 Å². The molecule has 0 saturated heterocycles. The first-order chi connectivity index (χ1) is 7.66. The number of benzene rings is 1. The van der Waals surface area contributed by atoms with Crippen LogP contribution in [0.3, 0.4) is 0 Å². The monoisotopic (exact) mass is 332 g/mol. The van der Waals surface area contributed by atoms with Crippen LogP contribution in [0.25, 0.3) is 11.3 Å². The second-order valence-corrected chi connectivity index (χ2v) is 4.28. The summed E-state index contributed by atoms with van der Waals surface area (Å²) < 4.78 is 0. The first kappa shape index (κ1) is 14.0. The molecular weight excluding hydrogens is 324 g/mol. The Bertz CT molecular complexity index is 537. The molecule has 0 spiro atoms. The number of aliphatic imine (C=N–C) groups is 1. The number of hydrogen-bond donors (Lipinski definition) is 2. The molecule has 90 valence electrons. The number of halogens is 2. The van der Waals surface area contributed by atoms with Crippen LogP contribution < -0.4 is 11.5 Å². The molecule has 0 saturated carbocycles. The van der Waals surface area contributed by atoms with Crippen molar-refractivity contribution in [2.45, 2.75) is 0 Å². The minimum absolute atomic E-state index is 0.